The Bertz CT molecular complexity index is 866. The summed E-state index contributed by atoms with van der Waals surface area (Å²) < 4.78 is 2.87. The number of aryl methyl sites for hydroxylation is 1. The van der Waals surface area contributed by atoms with Gasteiger partial charge in [-0.2, -0.15) is 5.10 Å². The van der Waals surface area contributed by atoms with Crippen LogP contribution in [0, 0.1) is 6.92 Å². The smallest absolute Gasteiger partial charge is 0.175 e. The van der Waals surface area contributed by atoms with E-state index >= 15 is 0 Å². The summed E-state index contributed by atoms with van der Waals surface area (Å²) in [5.74, 6) is 1.56. The van der Waals surface area contributed by atoms with E-state index in [4.69, 9.17) is 0 Å². The Kier molecular flexibility index (Phi) is 5.50. The Labute approximate surface area is 167 Å². The van der Waals surface area contributed by atoms with Gasteiger partial charge >= 0.3 is 0 Å². The summed E-state index contributed by atoms with van der Waals surface area (Å²) in [4.78, 5) is 2.51. The maximum absolute atomic E-state index is 4.36. The summed E-state index contributed by atoms with van der Waals surface area (Å²) in [5, 5.41) is 16.5. The quantitative estimate of drug-likeness (QED) is 0.671. The van der Waals surface area contributed by atoms with Crippen LogP contribution in [0.1, 0.15) is 24.1 Å². The maximum Gasteiger partial charge on any atom is 0.175 e. The number of rotatable bonds is 5. The molecule has 1 N–H and O–H groups in total. The average Bonchev–Trinajstić information content (AvgIpc) is 3.12. The van der Waals surface area contributed by atoms with E-state index in [-0.39, 0.29) is 0 Å². The topological polar surface area (TPSA) is 58.9 Å². The Morgan fingerprint density at radius 1 is 1.04 bits per heavy atom. The zero-order valence-electron chi connectivity index (χ0n) is 15.3. The monoisotopic (exact) mass is 426 g/mol. The molecule has 6 nitrogen and oxygen atoms in total. The van der Waals surface area contributed by atoms with Gasteiger partial charge < -0.3 is 5.32 Å². The van der Waals surface area contributed by atoms with Gasteiger partial charge in [-0.15, -0.1) is 10.2 Å². The van der Waals surface area contributed by atoms with Crippen molar-refractivity contribution in [1.82, 2.24) is 24.9 Å². The third-order valence-electron chi connectivity index (χ3n) is 4.87. The molecule has 3 aromatic rings. The van der Waals surface area contributed by atoms with Crippen molar-refractivity contribution in [2.75, 3.05) is 18.4 Å². The fourth-order valence-electron chi connectivity index (χ4n) is 3.36. The van der Waals surface area contributed by atoms with Crippen molar-refractivity contribution in [3.05, 3.63) is 64.4 Å². The van der Waals surface area contributed by atoms with Gasteiger partial charge in [-0.25, -0.2) is 4.68 Å². The molecule has 1 aromatic carbocycles. The summed E-state index contributed by atoms with van der Waals surface area (Å²) >= 11 is 3.49. The lowest BCUT2D eigenvalue weighted by molar-refractivity contribution is 0.211. The number of nitrogens with zero attached hydrogens (tertiary/aromatic N) is 5. The van der Waals surface area contributed by atoms with Crippen LogP contribution in [0.25, 0.3) is 5.82 Å². The van der Waals surface area contributed by atoms with Crippen molar-refractivity contribution in [2.24, 2.45) is 0 Å². The van der Waals surface area contributed by atoms with Crippen LogP contribution in [0.15, 0.2) is 53.1 Å². The van der Waals surface area contributed by atoms with Gasteiger partial charge in [-0.1, -0.05) is 28.1 Å². The summed E-state index contributed by atoms with van der Waals surface area (Å²) in [6.45, 7) is 5.15. The van der Waals surface area contributed by atoms with E-state index in [2.05, 4.69) is 65.7 Å². The lowest BCUT2D eigenvalue weighted by Gasteiger charge is -2.32. The molecule has 140 valence electrons. The highest BCUT2D eigenvalue weighted by atomic mass is 79.9. The van der Waals surface area contributed by atoms with E-state index in [0.29, 0.717) is 6.04 Å². The van der Waals surface area contributed by atoms with Crippen LogP contribution in [0.3, 0.4) is 0 Å². The van der Waals surface area contributed by atoms with E-state index in [9.17, 15) is 0 Å². The molecule has 0 aliphatic carbocycles. The summed E-state index contributed by atoms with van der Waals surface area (Å²) in [5.41, 5.74) is 2.33. The molecular formula is C20H23BrN6. The van der Waals surface area contributed by atoms with Gasteiger partial charge in [-0.3, -0.25) is 4.90 Å². The first-order valence-corrected chi connectivity index (χ1v) is 10.0. The van der Waals surface area contributed by atoms with Crippen LogP contribution >= 0.6 is 15.9 Å². The van der Waals surface area contributed by atoms with Gasteiger partial charge in [0, 0.05) is 36.3 Å². The van der Waals surface area contributed by atoms with Crippen LogP contribution in [-0.2, 0) is 6.54 Å². The zero-order valence-corrected chi connectivity index (χ0v) is 16.9. The number of hydrogen-bond donors (Lipinski definition) is 1. The number of nitrogens with one attached hydrogen (secondary N) is 1. The van der Waals surface area contributed by atoms with Gasteiger partial charge in [0.05, 0.1) is 5.69 Å². The van der Waals surface area contributed by atoms with E-state index in [1.54, 1.807) is 4.68 Å². The lowest BCUT2D eigenvalue weighted by Crippen LogP contribution is -2.38. The molecule has 0 amide bonds. The van der Waals surface area contributed by atoms with E-state index in [1.165, 1.54) is 5.56 Å². The Hall–Kier alpha value is -2.25. The van der Waals surface area contributed by atoms with Crippen molar-refractivity contribution in [2.45, 2.75) is 32.4 Å². The molecule has 27 heavy (non-hydrogen) atoms. The fraction of sp³-hybridized carbons (Fsp3) is 0.350. The predicted molar refractivity (Wildman–Crippen MR) is 110 cm³/mol. The minimum atomic E-state index is 0.443. The lowest BCUT2D eigenvalue weighted by atomic mass is 10.0. The number of piperidine rings is 1. The minimum Gasteiger partial charge on any atom is -0.366 e. The fourth-order valence-corrected chi connectivity index (χ4v) is 3.62. The second kappa shape index (κ2) is 8.19. The molecule has 2 aromatic heterocycles. The van der Waals surface area contributed by atoms with Crippen molar-refractivity contribution < 1.29 is 0 Å². The molecule has 1 fully saturated rings. The number of benzene rings is 1. The highest BCUT2D eigenvalue weighted by Crippen LogP contribution is 2.18. The maximum atomic E-state index is 4.36. The van der Waals surface area contributed by atoms with E-state index in [1.807, 2.05) is 31.3 Å². The molecule has 0 radical (unpaired) electrons. The highest BCUT2D eigenvalue weighted by Gasteiger charge is 2.19. The SMILES string of the molecule is Cc1ccn(-c2ccc(NC3CCN(Cc4ccc(Br)cc4)CC3)nn2)n1. The minimum absolute atomic E-state index is 0.443. The van der Waals surface area contributed by atoms with E-state index < -0.39 is 0 Å². The predicted octanol–water partition coefficient (Wildman–Crippen LogP) is 3.81. The Morgan fingerprint density at radius 3 is 2.44 bits per heavy atom. The third-order valence-corrected chi connectivity index (χ3v) is 5.40. The van der Waals surface area contributed by atoms with Crippen molar-refractivity contribution >= 4 is 21.7 Å². The Balaban J connectivity index is 1.28. The molecule has 0 bridgehead atoms. The molecule has 0 unspecified atom stereocenters. The number of anilines is 1. The van der Waals surface area contributed by atoms with Gasteiger partial charge in [0.15, 0.2) is 5.82 Å². The molecule has 1 saturated heterocycles. The van der Waals surface area contributed by atoms with Gasteiger partial charge in [0.2, 0.25) is 0 Å². The molecule has 0 saturated carbocycles. The number of halogens is 1. The molecule has 4 rings (SSSR count). The largest absolute Gasteiger partial charge is 0.366 e. The number of hydrogen-bond acceptors (Lipinski definition) is 5. The van der Waals surface area contributed by atoms with Gasteiger partial charge in [-0.05, 0) is 55.7 Å². The van der Waals surface area contributed by atoms with Crippen molar-refractivity contribution in [1.29, 1.82) is 0 Å². The third kappa shape index (κ3) is 4.73. The van der Waals surface area contributed by atoms with Crippen molar-refractivity contribution in [3.8, 4) is 5.82 Å². The standard InChI is InChI=1S/C20H23BrN6/c1-15-8-13-27(25-15)20-7-6-19(23-24-20)22-18-9-11-26(12-10-18)14-16-2-4-17(21)5-3-16/h2-8,13,18H,9-12,14H2,1H3,(H,22,23). The van der Waals surface area contributed by atoms with Crippen LogP contribution in [0.2, 0.25) is 0 Å². The zero-order chi connectivity index (χ0) is 18.6. The van der Waals surface area contributed by atoms with Crippen LogP contribution in [0.4, 0.5) is 5.82 Å². The second-order valence-corrected chi connectivity index (χ2v) is 7.92. The normalized spacial score (nSPS) is 15.8. The highest BCUT2D eigenvalue weighted by molar-refractivity contribution is 9.10. The Morgan fingerprint density at radius 2 is 1.81 bits per heavy atom. The first-order chi connectivity index (χ1) is 13.2. The molecule has 1 aliphatic rings. The van der Waals surface area contributed by atoms with Crippen molar-refractivity contribution in [3.63, 3.8) is 0 Å². The second-order valence-electron chi connectivity index (χ2n) is 7.00. The van der Waals surface area contributed by atoms with E-state index in [0.717, 1.165) is 54.3 Å². The summed E-state index contributed by atoms with van der Waals surface area (Å²) in [7, 11) is 0. The number of likely N-dealkylation sites (tertiary alicyclic amines) is 1. The van der Waals surface area contributed by atoms with Gasteiger partial charge in [0.25, 0.3) is 0 Å². The van der Waals surface area contributed by atoms with Crippen LogP contribution in [0.5, 0.6) is 0 Å². The average molecular weight is 427 g/mol. The molecule has 3 heterocycles. The first-order valence-electron chi connectivity index (χ1n) is 9.25. The molecule has 1 aliphatic heterocycles. The molecule has 0 atom stereocenters. The van der Waals surface area contributed by atoms with Gasteiger partial charge in [0.1, 0.15) is 5.82 Å². The molecule has 0 spiro atoms. The molecule has 7 heteroatoms. The first kappa shape index (κ1) is 18.1. The summed E-state index contributed by atoms with van der Waals surface area (Å²) in [6.07, 6.45) is 4.12. The summed E-state index contributed by atoms with van der Waals surface area (Å²) in [6, 6.07) is 14.9. The van der Waals surface area contributed by atoms with Crippen LogP contribution < -0.4 is 5.32 Å². The van der Waals surface area contributed by atoms with Crippen LogP contribution in [-0.4, -0.2) is 44.0 Å². The molecular weight excluding hydrogens is 404 g/mol. The number of aromatic nitrogens is 4.